The van der Waals surface area contributed by atoms with E-state index in [9.17, 15) is 0 Å². The summed E-state index contributed by atoms with van der Waals surface area (Å²) in [6.07, 6.45) is 0. The molecule has 0 saturated heterocycles. The van der Waals surface area contributed by atoms with Crippen LogP contribution in [-0.2, 0) is 5.88 Å². The second-order valence-corrected chi connectivity index (χ2v) is 3.82. The fraction of sp³-hybridized carbons (Fsp3) is 0.250. The third-order valence-electron chi connectivity index (χ3n) is 1.39. The average molecular weight is 254 g/mol. The van der Waals surface area contributed by atoms with E-state index in [1.807, 2.05) is 19.1 Å². The van der Waals surface area contributed by atoms with Gasteiger partial charge in [-0.15, -0.1) is 11.6 Å². The highest BCUT2D eigenvalue weighted by atomic mass is 79.9. The van der Waals surface area contributed by atoms with Gasteiger partial charge in [0.15, 0.2) is 0 Å². The van der Waals surface area contributed by atoms with Crippen molar-refractivity contribution in [3.8, 4) is 0 Å². The third-order valence-corrected chi connectivity index (χ3v) is 3.14. The molecule has 60 valence electrons. The topological polar surface area (TPSA) is 0 Å². The van der Waals surface area contributed by atoms with E-state index in [4.69, 9.17) is 23.2 Å². The number of aryl methyl sites for hydroxylation is 1. The van der Waals surface area contributed by atoms with Gasteiger partial charge in [0.05, 0.1) is 5.02 Å². The first-order chi connectivity index (χ1) is 5.15. The quantitative estimate of drug-likeness (QED) is 0.660. The molecule has 0 bridgehead atoms. The van der Waals surface area contributed by atoms with Gasteiger partial charge in [0.25, 0.3) is 0 Å². The summed E-state index contributed by atoms with van der Waals surface area (Å²) in [6, 6.07) is 3.92. The lowest BCUT2D eigenvalue weighted by molar-refractivity contribution is 1.32. The summed E-state index contributed by atoms with van der Waals surface area (Å²) in [4.78, 5) is 0. The summed E-state index contributed by atoms with van der Waals surface area (Å²) in [5.74, 6) is 0.488. The van der Waals surface area contributed by atoms with Crippen molar-refractivity contribution in [1.82, 2.24) is 0 Å². The highest BCUT2D eigenvalue weighted by Crippen LogP contribution is 2.28. The van der Waals surface area contributed by atoms with Gasteiger partial charge in [-0.3, -0.25) is 0 Å². The van der Waals surface area contributed by atoms with Gasteiger partial charge in [-0.2, -0.15) is 0 Å². The maximum atomic E-state index is 5.89. The number of hydrogen-bond acceptors (Lipinski definition) is 0. The van der Waals surface area contributed by atoms with E-state index < -0.39 is 0 Å². The molecule has 1 rings (SSSR count). The summed E-state index contributed by atoms with van der Waals surface area (Å²) < 4.78 is 0.903. The number of benzene rings is 1. The minimum atomic E-state index is 0.488. The molecule has 0 aliphatic rings. The first kappa shape index (κ1) is 9.37. The standard InChI is InChI=1S/C8H7BrCl2/c1-5-2-6(4-10)8(9)7(11)3-5/h2-3H,4H2,1H3. The smallest absolute Gasteiger partial charge is 0.0553 e. The van der Waals surface area contributed by atoms with Gasteiger partial charge >= 0.3 is 0 Å². The highest BCUT2D eigenvalue weighted by molar-refractivity contribution is 9.10. The molecule has 0 aliphatic heterocycles. The SMILES string of the molecule is Cc1cc(Cl)c(Br)c(CCl)c1. The fourth-order valence-electron chi connectivity index (χ4n) is 0.894. The van der Waals surface area contributed by atoms with Gasteiger partial charge in [-0.05, 0) is 40.0 Å². The van der Waals surface area contributed by atoms with Crippen molar-refractivity contribution < 1.29 is 0 Å². The van der Waals surface area contributed by atoms with Crippen molar-refractivity contribution in [3.05, 3.63) is 32.8 Å². The van der Waals surface area contributed by atoms with Crippen LogP contribution >= 0.6 is 39.1 Å². The van der Waals surface area contributed by atoms with Crippen molar-refractivity contribution in [3.63, 3.8) is 0 Å². The maximum Gasteiger partial charge on any atom is 0.0553 e. The van der Waals surface area contributed by atoms with Gasteiger partial charge in [0, 0.05) is 10.4 Å². The van der Waals surface area contributed by atoms with Crippen LogP contribution < -0.4 is 0 Å². The molecule has 0 radical (unpaired) electrons. The molecule has 1 aromatic rings. The summed E-state index contributed by atoms with van der Waals surface area (Å²) in [7, 11) is 0. The second kappa shape index (κ2) is 3.79. The van der Waals surface area contributed by atoms with Crippen LogP contribution in [0.15, 0.2) is 16.6 Å². The zero-order valence-electron chi connectivity index (χ0n) is 6.00. The molecule has 0 aliphatic carbocycles. The molecule has 0 aromatic heterocycles. The Hall–Kier alpha value is 0.280. The minimum Gasteiger partial charge on any atom is -0.122 e. The normalized spacial score (nSPS) is 10.2. The summed E-state index contributed by atoms with van der Waals surface area (Å²) in [5.41, 5.74) is 2.17. The van der Waals surface area contributed by atoms with E-state index in [2.05, 4.69) is 15.9 Å². The van der Waals surface area contributed by atoms with Crippen LogP contribution in [0.1, 0.15) is 11.1 Å². The van der Waals surface area contributed by atoms with Gasteiger partial charge in [0.2, 0.25) is 0 Å². The third kappa shape index (κ3) is 2.11. The molecule has 0 amide bonds. The Balaban J connectivity index is 3.24. The molecule has 0 atom stereocenters. The Labute approximate surface area is 84.6 Å². The molecule has 0 spiro atoms. The van der Waals surface area contributed by atoms with Gasteiger partial charge in [-0.25, -0.2) is 0 Å². The fourth-order valence-corrected chi connectivity index (χ4v) is 1.93. The van der Waals surface area contributed by atoms with Crippen molar-refractivity contribution in [2.24, 2.45) is 0 Å². The lowest BCUT2D eigenvalue weighted by Crippen LogP contribution is -1.83. The molecule has 0 unspecified atom stereocenters. The first-order valence-electron chi connectivity index (χ1n) is 3.15. The van der Waals surface area contributed by atoms with E-state index in [1.54, 1.807) is 0 Å². The number of alkyl halides is 1. The molecule has 3 heteroatoms. The molecule has 0 nitrogen and oxygen atoms in total. The molecule has 1 aromatic carbocycles. The first-order valence-corrected chi connectivity index (χ1v) is 4.86. The van der Waals surface area contributed by atoms with Crippen LogP contribution in [0.2, 0.25) is 5.02 Å². The number of halogens is 3. The molecule has 11 heavy (non-hydrogen) atoms. The maximum absolute atomic E-state index is 5.89. The van der Waals surface area contributed by atoms with Crippen LogP contribution in [-0.4, -0.2) is 0 Å². The predicted molar refractivity (Wildman–Crippen MR) is 53.4 cm³/mol. The Morgan fingerprint density at radius 3 is 2.64 bits per heavy atom. The predicted octanol–water partition coefficient (Wildman–Crippen LogP) is 4.15. The van der Waals surface area contributed by atoms with Gasteiger partial charge < -0.3 is 0 Å². The Morgan fingerprint density at radius 1 is 1.45 bits per heavy atom. The van der Waals surface area contributed by atoms with Crippen molar-refractivity contribution in [1.29, 1.82) is 0 Å². The zero-order valence-corrected chi connectivity index (χ0v) is 9.09. The zero-order chi connectivity index (χ0) is 8.43. The van der Waals surface area contributed by atoms with E-state index in [-0.39, 0.29) is 0 Å². The van der Waals surface area contributed by atoms with Crippen LogP contribution in [0.25, 0.3) is 0 Å². The van der Waals surface area contributed by atoms with Crippen LogP contribution in [0.4, 0.5) is 0 Å². The second-order valence-electron chi connectivity index (χ2n) is 2.35. The monoisotopic (exact) mass is 252 g/mol. The van der Waals surface area contributed by atoms with Crippen LogP contribution in [0.3, 0.4) is 0 Å². The molecule has 0 saturated carbocycles. The molecular formula is C8H7BrCl2. The van der Waals surface area contributed by atoms with Crippen LogP contribution in [0.5, 0.6) is 0 Å². The highest BCUT2D eigenvalue weighted by Gasteiger charge is 2.03. The Morgan fingerprint density at radius 2 is 2.09 bits per heavy atom. The Kier molecular flexibility index (Phi) is 3.23. The van der Waals surface area contributed by atoms with Crippen molar-refractivity contribution in [2.45, 2.75) is 12.8 Å². The van der Waals surface area contributed by atoms with E-state index in [0.717, 1.165) is 20.6 Å². The van der Waals surface area contributed by atoms with Gasteiger partial charge in [0.1, 0.15) is 0 Å². The van der Waals surface area contributed by atoms with E-state index in [1.165, 1.54) is 0 Å². The molecule has 0 fully saturated rings. The van der Waals surface area contributed by atoms with Gasteiger partial charge in [-0.1, -0.05) is 17.7 Å². The molecular weight excluding hydrogens is 247 g/mol. The lowest BCUT2D eigenvalue weighted by Gasteiger charge is -2.03. The largest absolute Gasteiger partial charge is 0.122 e. The van der Waals surface area contributed by atoms with Crippen molar-refractivity contribution >= 4 is 39.1 Å². The summed E-state index contributed by atoms with van der Waals surface area (Å²) >= 11 is 14.9. The average Bonchev–Trinajstić information content (AvgIpc) is 1.96. The molecule has 0 heterocycles. The summed E-state index contributed by atoms with van der Waals surface area (Å²) in [5, 5.41) is 0.723. The van der Waals surface area contributed by atoms with Crippen molar-refractivity contribution in [2.75, 3.05) is 0 Å². The Bertz CT molecular complexity index is 271. The minimum absolute atomic E-state index is 0.488. The van der Waals surface area contributed by atoms with E-state index >= 15 is 0 Å². The number of hydrogen-bond donors (Lipinski definition) is 0. The number of rotatable bonds is 1. The van der Waals surface area contributed by atoms with E-state index in [0.29, 0.717) is 5.88 Å². The van der Waals surface area contributed by atoms with Crippen LogP contribution in [0, 0.1) is 6.92 Å². The molecule has 0 N–H and O–H groups in total. The lowest BCUT2D eigenvalue weighted by atomic mass is 10.2. The summed E-state index contributed by atoms with van der Waals surface area (Å²) in [6.45, 7) is 1.99.